The molecule has 0 heterocycles. The zero-order chi connectivity index (χ0) is 17.0. The van der Waals surface area contributed by atoms with Crippen molar-refractivity contribution in [1.82, 2.24) is 5.32 Å². The van der Waals surface area contributed by atoms with E-state index in [2.05, 4.69) is 5.32 Å². The van der Waals surface area contributed by atoms with Crippen LogP contribution in [0.15, 0.2) is 54.6 Å². The number of alkyl halides is 3. The van der Waals surface area contributed by atoms with E-state index in [1.165, 1.54) is 12.1 Å². The van der Waals surface area contributed by atoms with Gasteiger partial charge in [-0.3, -0.25) is 4.79 Å². The van der Waals surface area contributed by atoms with Gasteiger partial charge in [0.15, 0.2) is 6.04 Å². The third kappa shape index (κ3) is 4.09. The zero-order valence-corrected chi connectivity index (χ0v) is 11.7. The van der Waals surface area contributed by atoms with Gasteiger partial charge in [0.2, 0.25) is 0 Å². The number of aliphatic carboxylic acids is 1. The summed E-state index contributed by atoms with van der Waals surface area (Å²) in [5.41, 5.74) is -0.577. The number of amides is 1. The van der Waals surface area contributed by atoms with Crippen molar-refractivity contribution < 1.29 is 27.9 Å². The highest BCUT2D eigenvalue weighted by Gasteiger charge is 2.30. The molecule has 2 aromatic carbocycles. The van der Waals surface area contributed by atoms with Crippen molar-refractivity contribution in [2.45, 2.75) is 12.2 Å². The number of rotatable bonds is 4. The van der Waals surface area contributed by atoms with Gasteiger partial charge in [-0.1, -0.05) is 30.3 Å². The quantitative estimate of drug-likeness (QED) is 0.907. The molecule has 2 rings (SSSR count). The first-order valence-corrected chi connectivity index (χ1v) is 6.55. The van der Waals surface area contributed by atoms with Crippen molar-refractivity contribution in [3.05, 3.63) is 71.3 Å². The van der Waals surface area contributed by atoms with E-state index >= 15 is 0 Å². The van der Waals surface area contributed by atoms with Crippen molar-refractivity contribution >= 4 is 11.9 Å². The molecule has 0 aliphatic carbocycles. The topological polar surface area (TPSA) is 66.4 Å². The van der Waals surface area contributed by atoms with Crippen molar-refractivity contribution in [2.24, 2.45) is 0 Å². The second-order valence-electron chi connectivity index (χ2n) is 4.73. The summed E-state index contributed by atoms with van der Waals surface area (Å²) in [6.07, 6.45) is -4.50. The van der Waals surface area contributed by atoms with Crippen LogP contribution in [0, 0.1) is 0 Å². The van der Waals surface area contributed by atoms with Gasteiger partial charge >= 0.3 is 12.1 Å². The summed E-state index contributed by atoms with van der Waals surface area (Å²) < 4.78 is 37.4. The second kappa shape index (κ2) is 6.51. The van der Waals surface area contributed by atoms with E-state index in [1.54, 1.807) is 18.2 Å². The van der Waals surface area contributed by atoms with Crippen molar-refractivity contribution in [3.8, 4) is 0 Å². The van der Waals surface area contributed by atoms with Gasteiger partial charge in [0.25, 0.3) is 5.91 Å². The number of benzene rings is 2. The summed E-state index contributed by atoms with van der Waals surface area (Å²) in [7, 11) is 0. The molecule has 2 aromatic rings. The number of carbonyl (C=O) groups excluding carboxylic acids is 1. The van der Waals surface area contributed by atoms with E-state index in [-0.39, 0.29) is 5.56 Å². The lowest BCUT2D eigenvalue weighted by Crippen LogP contribution is -2.33. The molecule has 0 radical (unpaired) electrons. The van der Waals surface area contributed by atoms with Crippen LogP contribution in [0.5, 0.6) is 0 Å². The normalized spacial score (nSPS) is 12.5. The summed E-state index contributed by atoms with van der Waals surface area (Å²) in [6.45, 7) is 0. The molecule has 0 fully saturated rings. The molecule has 0 bridgehead atoms. The van der Waals surface area contributed by atoms with Gasteiger partial charge in [0.05, 0.1) is 5.56 Å². The molecule has 7 heteroatoms. The molecule has 1 amide bonds. The van der Waals surface area contributed by atoms with Crippen LogP contribution in [0.3, 0.4) is 0 Å². The Bertz CT molecular complexity index is 697. The number of carboxylic acid groups (broad SMARTS) is 1. The zero-order valence-electron chi connectivity index (χ0n) is 11.7. The lowest BCUT2D eigenvalue weighted by Gasteiger charge is -2.15. The van der Waals surface area contributed by atoms with Gasteiger partial charge in [0.1, 0.15) is 0 Å². The smallest absolute Gasteiger partial charge is 0.416 e. The molecule has 0 aromatic heterocycles. The Kier molecular flexibility index (Phi) is 4.68. The molecular formula is C16H12F3NO3. The molecule has 0 saturated heterocycles. The number of hydrogen-bond donors (Lipinski definition) is 2. The van der Waals surface area contributed by atoms with E-state index in [1.807, 2.05) is 0 Å². The standard InChI is InChI=1S/C16H12F3NO3/c17-16(18,19)12-8-6-11(7-9-12)14(21)20-13(15(22)23)10-4-2-1-3-5-10/h1-9,13H,(H,20,21)(H,22,23). The maximum atomic E-state index is 12.5. The van der Waals surface area contributed by atoms with E-state index in [0.717, 1.165) is 24.3 Å². The maximum Gasteiger partial charge on any atom is 0.416 e. The predicted octanol–water partition coefficient (Wildman–Crippen LogP) is 3.26. The third-order valence-corrected chi connectivity index (χ3v) is 3.13. The highest BCUT2D eigenvalue weighted by molar-refractivity contribution is 5.96. The molecular weight excluding hydrogens is 311 g/mol. The summed E-state index contributed by atoms with van der Waals surface area (Å²) in [6, 6.07) is 10.3. The fourth-order valence-corrected chi connectivity index (χ4v) is 1.96. The first kappa shape index (κ1) is 16.5. The van der Waals surface area contributed by atoms with Crippen LogP contribution in [-0.4, -0.2) is 17.0 Å². The Hall–Kier alpha value is -2.83. The Morgan fingerprint density at radius 1 is 0.957 bits per heavy atom. The number of nitrogens with one attached hydrogen (secondary N) is 1. The molecule has 0 spiro atoms. The first-order valence-electron chi connectivity index (χ1n) is 6.55. The summed E-state index contributed by atoms with van der Waals surface area (Å²) in [4.78, 5) is 23.3. The highest BCUT2D eigenvalue weighted by Crippen LogP contribution is 2.29. The fraction of sp³-hybridized carbons (Fsp3) is 0.125. The van der Waals surface area contributed by atoms with Gasteiger partial charge in [-0.15, -0.1) is 0 Å². The monoisotopic (exact) mass is 323 g/mol. The predicted molar refractivity (Wildman–Crippen MR) is 75.7 cm³/mol. The molecule has 4 nitrogen and oxygen atoms in total. The largest absolute Gasteiger partial charge is 0.479 e. The lowest BCUT2D eigenvalue weighted by atomic mass is 10.1. The summed E-state index contributed by atoms with van der Waals surface area (Å²) >= 11 is 0. The first-order chi connectivity index (χ1) is 10.8. The number of hydrogen-bond acceptors (Lipinski definition) is 2. The van der Waals surface area contributed by atoms with E-state index in [4.69, 9.17) is 0 Å². The van der Waals surface area contributed by atoms with Crippen LogP contribution in [0.4, 0.5) is 13.2 Å². The number of carbonyl (C=O) groups is 2. The molecule has 0 aliphatic rings. The molecule has 120 valence electrons. The summed E-state index contributed by atoms with van der Waals surface area (Å²) in [5.74, 6) is -2.04. The molecule has 1 atom stereocenters. The maximum absolute atomic E-state index is 12.5. The van der Waals surface area contributed by atoms with Crippen LogP contribution in [0.2, 0.25) is 0 Å². The van der Waals surface area contributed by atoms with Gasteiger partial charge in [-0.05, 0) is 29.8 Å². The minimum absolute atomic E-state index is 0.0554. The molecule has 2 N–H and O–H groups in total. The average molecular weight is 323 g/mol. The Morgan fingerprint density at radius 3 is 2.00 bits per heavy atom. The lowest BCUT2D eigenvalue weighted by molar-refractivity contribution is -0.139. The third-order valence-electron chi connectivity index (χ3n) is 3.13. The molecule has 1 unspecified atom stereocenters. The highest BCUT2D eigenvalue weighted by atomic mass is 19.4. The summed E-state index contributed by atoms with van der Waals surface area (Å²) in [5, 5.41) is 11.5. The fourth-order valence-electron chi connectivity index (χ4n) is 1.96. The van der Waals surface area contributed by atoms with Crippen LogP contribution >= 0.6 is 0 Å². The van der Waals surface area contributed by atoms with Crippen molar-refractivity contribution in [3.63, 3.8) is 0 Å². The minimum atomic E-state index is -4.50. The van der Waals surface area contributed by atoms with E-state index in [0.29, 0.717) is 5.56 Å². The second-order valence-corrected chi connectivity index (χ2v) is 4.73. The minimum Gasteiger partial charge on any atom is -0.479 e. The van der Waals surface area contributed by atoms with Crippen LogP contribution in [-0.2, 0) is 11.0 Å². The SMILES string of the molecule is O=C(NC(C(=O)O)c1ccccc1)c1ccc(C(F)(F)F)cc1. The average Bonchev–Trinajstić information content (AvgIpc) is 2.52. The van der Waals surface area contributed by atoms with Crippen molar-refractivity contribution in [2.75, 3.05) is 0 Å². The van der Waals surface area contributed by atoms with Gasteiger partial charge in [-0.25, -0.2) is 4.79 Å². The van der Waals surface area contributed by atoms with Crippen LogP contribution in [0.1, 0.15) is 27.5 Å². The van der Waals surface area contributed by atoms with Gasteiger partial charge in [-0.2, -0.15) is 13.2 Å². The molecule has 23 heavy (non-hydrogen) atoms. The van der Waals surface area contributed by atoms with Gasteiger partial charge < -0.3 is 10.4 Å². The number of carboxylic acids is 1. The van der Waals surface area contributed by atoms with Crippen LogP contribution < -0.4 is 5.32 Å². The van der Waals surface area contributed by atoms with E-state index in [9.17, 15) is 27.9 Å². The van der Waals surface area contributed by atoms with E-state index < -0.39 is 29.7 Å². The Labute approximate surface area is 129 Å². The Morgan fingerprint density at radius 2 is 1.52 bits per heavy atom. The van der Waals surface area contributed by atoms with Gasteiger partial charge in [0, 0.05) is 5.56 Å². The molecule has 0 aliphatic heterocycles. The Balaban J connectivity index is 2.18. The van der Waals surface area contributed by atoms with Crippen molar-refractivity contribution in [1.29, 1.82) is 0 Å². The molecule has 0 saturated carbocycles. The van der Waals surface area contributed by atoms with Crippen LogP contribution in [0.25, 0.3) is 0 Å². The number of halogens is 3.